The molecule has 1 aromatic carbocycles. The van der Waals surface area contributed by atoms with Crippen LogP contribution in [-0.4, -0.2) is 77.6 Å². The first kappa shape index (κ1) is 29.5. The second-order valence-corrected chi connectivity index (χ2v) is 14.3. The van der Waals surface area contributed by atoms with Gasteiger partial charge in [-0.2, -0.15) is 30.2 Å². The minimum Gasteiger partial charge on any atom is -0.360 e. The van der Waals surface area contributed by atoms with Crippen LogP contribution in [0.4, 0.5) is 22.0 Å². The topological polar surface area (TPSA) is 94.1 Å². The van der Waals surface area contributed by atoms with Crippen molar-refractivity contribution in [2.24, 2.45) is 10.4 Å². The third-order valence-electron chi connectivity index (χ3n) is 8.37. The molecule has 1 amide bonds. The molecule has 0 unspecified atom stereocenters. The molecular formula is C25H31ClF5N5O3S. The molecule has 1 aromatic rings. The van der Waals surface area contributed by atoms with Crippen LogP contribution in [0.3, 0.4) is 0 Å². The predicted octanol–water partition coefficient (Wildman–Crippen LogP) is 3.87. The summed E-state index contributed by atoms with van der Waals surface area (Å²) in [5.74, 6) is -3.17. The van der Waals surface area contributed by atoms with E-state index in [9.17, 15) is 35.2 Å². The molecule has 2 bridgehead atoms. The highest BCUT2D eigenvalue weighted by molar-refractivity contribution is 7.86. The first-order valence-corrected chi connectivity index (χ1v) is 14.8. The number of halogens is 6. The summed E-state index contributed by atoms with van der Waals surface area (Å²) in [5.41, 5.74) is -1.61. The van der Waals surface area contributed by atoms with Crippen LogP contribution in [0, 0.1) is 5.41 Å². The smallest absolute Gasteiger partial charge is 0.360 e. The Morgan fingerprint density at radius 2 is 1.82 bits per heavy atom. The lowest BCUT2D eigenvalue weighted by atomic mass is 9.38. The van der Waals surface area contributed by atoms with E-state index in [1.54, 1.807) is 38.1 Å². The Morgan fingerprint density at radius 3 is 2.38 bits per heavy atom. The normalized spacial score (nSPS) is 30.8. The van der Waals surface area contributed by atoms with E-state index in [1.807, 2.05) is 0 Å². The molecule has 8 nitrogen and oxygen atoms in total. The Hall–Kier alpha value is -2.03. The average Bonchev–Trinajstić information content (AvgIpc) is 3.30. The molecule has 3 aliphatic carbocycles. The van der Waals surface area contributed by atoms with Crippen LogP contribution in [-0.2, 0) is 21.5 Å². The molecule has 40 heavy (non-hydrogen) atoms. The van der Waals surface area contributed by atoms with E-state index in [-0.39, 0.29) is 13.1 Å². The lowest BCUT2D eigenvalue weighted by Crippen LogP contribution is -2.79. The van der Waals surface area contributed by atoms with E-state index < -0.39 is 76.7 Å². The molecule has 2 N–H and O–H groups in total. The van der Waals surface area contributed by atoms with E-state index in [2.05, 4.69) is 15.6 Å². The lowest BCUT2D eigenvalue weighted by molar-refractivity contribution is -0.152. The van der Waals surface area contributed by atoms with Gasteiger partial charge in [0, 0.05) is 42.0 Å². The third kappa shape index (κ3) is 5.32. The SMILES string of the molecule is CC1(C)N=C(C23CC(N(Cc4ccc(Cl)cc4)S(=O)(=O)N4CCC(F)(F)C4)(C2)C3)N[C@H]1C(=O)NCCC(F)(F)F. The zero-order chi connectivity index (χ0) is 29.4. The maximum atomic E-state index is 14.0. The summed E-state index contributed by atoms with van der Waals surface area (Å²) < 4.78 is 95.1. The lowest BCUT2D eigenvalue weighted by Gasteiger charge is -2.73. The largest absolute Gasteiger partial charge is 0.390 e. The van der Waals surface area contributed by atoms with Crippen LogP contribution in [0.25, 0.3) is 0 Å². The van der Waals surface area contributed by atoms with Gasteiger partial charge in [-0.3, -0.25) is 9.79 Å². The van der Waals surface area contributed by atoms with Crippen molar-refractivity contribution in [3.8, 4) is 0 Å². The van der Waals surface area contributed by atoms with Gasteiger partial charge in [-0.15, -0.1) is 0 Å². The molecule has 0 spiro atoms. The van der Waals surface area contributed by atoms with Gasteiger partial charge in [-0.1, -0.05) is 23.7 Å². The van der Waals surface area contributed by atoms with E-state index in [1.165, 1.54) is 4.31 Å². The van der Waals surface area contributed by atoms with E-state index in [4.69, 9.17) is 11.6 Å². The van der Waals surface area contributed by atoms with E-state index in [0.717, 1.165) is 4.31 Å². The molecule has 5 aliphatic rings. The fourth-order valence-electron chi connectivity index (χ4n) is 6.33. The van der Waals surface area contributed by atoms with Gasteiger partial charge in [0.2, 0.25) is 5.91 Å². The number of carbonyl (C=O) groups is 1. The van der Waals surface area contributed by atoms with Crippen LogP contribution in [0.5, 0.6) is 0 Å². The summed E-state index contributed by atoms with van der Waals surface area (Å²) >= 11 is 5.98. The van der Waals surface area contributed by atoms with Gasteiger partial charge < -0.3 is 10.6 Å². The Labute approximate surface area is 234 Å². The number of amides is 1. The van der Waals surface area contributed by atoms with Gasteiger partial charge in [0.05, 0.1) is 18.5 Å². The van der Waals surface area contributed by atoms with Crippen LogP contribution in [0.2, 0.25) is 5.02 Å². The molecule has 1 saturated heterocycles. The summed E-state index contributed by atoms with van der Waals surface area (Å²) in [6.07, 6.45) is -4.95. The number of amidine groups is 1. The monoisotopic (exact) mass is 611 g/mol. The van der Waals surface area contributed by atoms with Crippen molar-refractivity contribution < 1.29 is 35.2 Å². The number of alkyl halides is 5. The predicted molar refractivity (Wildman–Crippen MR) is 138 cm³/mol. The number of rotatable bonds is 9. The number of hydrogen-bond donors (Lipinski definition) is 2. The third-order valence-corrected chi connectivity index (χ3v) is 10.7. The van der Waals surface area contributed by atoms with Crippen LogP contribution in [0.15, 0.2) is 29.3 Å². The standard InChI is InChI=1S/C25H31ClF5N5O3S/c1-21(2)18(19(37)32-9-7-25(29,30)31)33-20(34-21)22-12-23(13-22,14-22)36(11-16-3-5-17(26)6-4-16)40(38,39)35-10-8-24(27,28)15-35/h3-6,18H,7-15H2,1-2H3,(H,32,37)(H,33,34)/t18-,22?,23?/m0/s1. The molecule has 0 aromatic heterocycles. The van der Waals surface area contributed by atoms with Crippen LogP contribution < -0.4 is 10.6 Å². The van der Waals surface area contributed by atoms with E-state index >= 15 is 0 Å². The molecule has 2 heterocycles. The second kappa shape index (κ2) is 9.50. The summed E-state index contributed by atoms with van der Waals surface area (Å²) in [4.78, 5) is 17.4. The van der Waals surface area contributed by atoms with Gasteiger partial charge in [0.1, 0.15) is 11.9 Å². The quantitative estimate of drug-likeness (QED) is 0.415. The van der Waals surface area contributed by atoms with Crippen molar-refractivity contribution in [2.75, 3.05) is 19.6 Å². The van der Waals surface area contributed by atoms with Crippen molar-refractivity contribution in [1.82, 2.24) is 19.2 Å². The van der Waals surface area contributed by atoms with Crippen molar-refractivity contribution in [1.29, 1.82) is 0 Å². The zero-order valence-corrected chi connectivity index (χ0v) is 23.6. The van der Waals surface area contributed by atoms with Crippen molar-refractivity contribution in [3.63, 3.8) is 0 Å². The number of nitrogens with zero attached hydrogens (tertiary/aromatic N) is 3. The first-order chi connectivity index (χ1) is 18.4. The van der Waals surface area contributed by atoms with E-state index in [0.29, 0.717) is 35.7 Å². The molecular weight excluding hydrogens is 581 g/mol. The molecule has 0 radical (unpaired) electrons. The molecule has 3 saturated carbocycles. The van der Waals surface area contributed by atoms with Gasteiger partial charge >= 0.3 is 6.18 Å². The Morgan fingerprint density at radius 1 is 1.20 bits per heavy atom. The number of carbonyl (C=O) groups excluding carboxylic acids is 1. The van der Waals surface area contributed by atoms with Gasteiger partial charge in [0.25, 0.3) is 16.1 Å². The number of nitrogens with one attached hydrogen (secondary N) is 2. The highest BCUT2D eigenvalue weighted by atomic mass is 35.5. The highest BCUT2D eigenvalue weighted by Crippen LogP contribution is 2.71. The minimum absolute atomic E-state index is 0.0205. The van der Waals surface area contributed by atoms with Gasteiger partial charge in [-0.05, 0) is 50.8 Å². The van der Waals surface area contributed by atoms with Crippen molar-refractivity contribution >= 4 is 33.6 Å². The molecule has 6 rings (SSSR count). The number of hydrogen-bond acceptors (Lipinski definition) is 5. The summed E-state index contributed by atoms with van der Waals surface area (Å²) in [6.45, 7) is 1.68. The Kier molecular flexibility index (Phi) is 6.99. The summed E-state index contributed by atoms with van der Waals surface area (Å²) in [5, 5.41) is 5.88. The maximum absolute atomic E-state index is 14.0. The van der Waals surface area contributed by atoms with Crippen molar-refractivity contribution in [2.45, 2.75) is 81.7 Å². The molecule has 4 fully saturated rings. The maximum Gasteiger partial charge on any atom is 0.390 e. The fraction of sp³-hybridized carbons (Fsp3) is 0.680. The Balaban J connectivity index is 1.31. The number of aliphatic imine (C=N–C) groups is 1. The summed E-state index contributed by atoms with van der Waals surface area (Å²) in [6, 6.07) is 5.76. The van der Waals surface area contributed by atoms with Crippen molar-refractivity contribution in [3.05, 3.63) is 34.9 Å². The molecule has 15 heteroatoms. The Bertz CT molecular complexity index is 1300. The average molecular weight is 612 g/mol. The molecule has 2 aliphatic heterocycles. The molecule has 1 atom stereocenters. The van der Waals surface area contributed by atoms with Crippen LogP contribution in [0.1, 0.15) is 51.5 Å². The van der Waals surface area contributed by atoms with Gasteiger partial charge in [-0.25, -0.2) is 8.78 Å². The highest BCUT2D eigenvalue weighted by Gasteiger charge is 2.75. The number of benzene rings is 1. The van der Waals surface area contributed by atoms with Gasteiger partial charge in [0.15, 0.2) is 0 Å². The zero-order valence-electron chi connectivity index (χ0n) is 22.0. The first-order valence-electron chi connectivity index (χ1n) is 13.0. The molecule has 222 valence electrons. The summed E-state index contributed by atoms with van der Waals surface area (Å²) in [7, 11) is -4.24. The minimum atomic E-state index is -4.39. The fourth-order valence-corrected chi connectivity index (χ4v) is 8.40. The second-order valence-electron chi connectivity index (χ2n) is 12.0. The van der Waals surface area contributed by atoms with Crippen LogP contribution >= 0.6 is 11.6 Å².